The third-order valence-electron chi connectivity index (χ3n) is 7.54. The van der Waals surface area contributed by atoms with Crippen LogP contribution in [-0.2, 0) is 11.2 Å². The summed E-state index contributed by atoms with van der Waals surface area (Å²) in [5.74, 6) is 0.889. The molecule has 0 unspecified atom stereocenters. The van der Waals surface area contributed by atoms with Gasteiger partial charge in [0.2, 0.25) is 0 Å². The molecular weight excluding hydrogens is 419 g/mol. The predicted octanol–water partition coefficient (Wildman–Crippen LogP) is 5.34. The maximum Gasteiger partial charge on any atom is 0.407 e. The topological polar surface area (TPSA) is 50.8 Å². The molecule has 2 aromatic carbocycles. The van der Waals surface area contributed by atoms with Crippen LogP contribution in [0.3, 0.4) is 0 Å². The van der Waals surface area contributed by atoms with Crippen LogP contribution in [0.1, 0.15) is 50.8 Å². The second kappa shape index (κ2) is 8.64. The van der Waals surface area contributed by atoms with E-state index in [1.54, 1.807) is 6.07 Å². The quantitative estimate of drug-likeness (QED) is 0.666. The van der Waals surface area contributed by atoms with E-state index in [4.69, 9.17) is 9.47 Å². The number of nitrogens with zero attached hydrogens (tertiary/aromatic N) is 1. The van der Waals surface area contributed by atoms with Gasteiger partial charge < -0.3 is 14.8 Å². The molecule has 0 aromatic heterocycles. The van der Waals surface area contributed by atoms with Gasteiger partial charge >= 0.3 is 6.09 Å². The normalized spacial score (nSPS) is 27.2. The minimum Gasteiger partial charge on any atom is -0.494 e. The van der Waals surface area contributed by atoms with Crippen molar-refractivity contribution < 1.29 is 18.7 Å². The number of piperidine rings is 3. The van der Waals surface area contributed by atoms with Gasteiger partial charge in [0.25, 0.3) is 0 Å². The van der Waals surface area contributed by atoms with Gasteiger partial charge in [0, 0.05) is 12.1 Å². The molecule has 176 valence electrons. The van der Waals surface area contributed by atoms with Gasteiger partial charge in [-0.15, -0.1) is 0 Å². The Kier molecular flexibility index (Phi) is 5.81. The average Bonchev–Trinajstić information content (AvgIpc) is 3.03. The summed E-state index contributed by atoms with van der Waals surface area (Å²) < 4.78 is 26.7. The van der Waals surface area contributed by atoms with E-state index in [-0.39, 0.29) is 23.4 Å². The van der Waals surface area contributed by atoms with Crippen molar-refractivity contribution in [3.63, 3.8) is 0 Å². The Morgan fingerprint density at radius 3 is 2.70 bits per heavy atom. The van der Waals surface area contributed by atoms with Crippen molar-refractivity contribution >= 4 is 6.09 Å². The van der Waals surface area contributed by atoms with Crippen LogP contribution in [0.4, 0.5) is 9.18 Å². The highest BCUT2D eigenvalue weighted by molar-refractivity contribution is 5.71. The molecule has 2 aromatic rings. The van der Waals surface area contributed by atoms with Crippen molar-refractivity contribution in [1.82, 2.24) is 10.2 Å². The molecule has 2 atom stereocenters. The Morgan fingerprint density at radius 2 is 2.00 bits per heavy atom. The minimum atomic E-state index is -0.395. The van der Waals surface area contributed by atoms with Crippen LogP contribution in [0.15, 0.2) is 36.4 Å². The van der Waals surface area contributed by atoms with E-state index in [0.717, 1.165) is 61.3 Å². The largest absolute Gasteiger partial charge is 0.494 e. The van der Waals surface area contributed by atoms with Crippen molar-refractivity contribution in [1.29, 1.82) is 0 Å². The fourth-order valence-corrected chi connectivity index (χ4v) is 5.82. The van der Waals surface area contributed by atoms with E-state index in [0.29, 0.717) is 18.1 Å². The monoisotopic (exact) mass is 452 g/mol. The Morgan fingerprint density at radius 1 is 1.21 bits per heavy atom. The molecule has 0 radical (unpaired) electrons. The van der Waals surface area contributed by atoms with Gasteiger partial charge in [-0.3, -0.25) is 4.90 Å². The van der Waals surface area contributed by atoms with Crippen molar-refractivity contribution in [2.45, 2.75) is 52.2 Å². The first kappa shape index (κ1) is 22.2. The number of ether oxygens (including phenoxy) is 2. The smallest absolute Gasteiger partial charge is 0.407 e. The molecule has 1 amide bonds. The van der Waals surface area contributed by atoms with E-state index >= 15 is 4.39 Å². The SMILES string of the molecule is CCOc1cccc(-c2cc3c(cc2F)[C@H](NC(=O)O[C@H]2CN4CCC2CC4)C(C)(C)C3)c1. The van der Waals surface area contributed by atoms with E-state index in [1.165, 1.54) is 0 Å². The summed E-state index contributed by atoms with van der Waals surface area (Å²) in [4.78, 5) is 15.2. The van der Waals surface area contributed by atoms with Crippen molar-refractivity contribution in [3.05, 3.63) is 53.3 Å². The fourth-order valence-electron chi connectivity index (χ4n) is 5.82. The average molecular weight is 453 g/mol. The molecule has 1 N–H and O–H groups in total. The molecule has 3 heterocycles. The van der Waals surface area contributed by atoms with E-state index in [2.05, 4.69) is 24.1 Å². The van der Waals surface area contributed by atoms with Crippen LogP contribution in [0.5, 0.6) is 5.75 Å². The van der Waals surface area contributed by atoms with Gasteiger partial charge in [0.05, 0.1) is 12.6 Å². The van der Waals surface area contributed by atoms with Crippen molar-refractivity contribution in [2.75, 3.05) is 26.2 Å². The molecular formula is C27H33FN2O3. The second-order valence-corrected chi connectivity index (χ2v) is 10.3. The third kappa shape index (κ3) is 4.33. The number of hydrogen-bond acceptors (Lipinski definition) is 4. The lowest BCUT2D eigenvalue weighted by atomic mass is 9.85. The number of rotatable bonds is 5. The highest BCUT2D eigenvalue weighted by atomic mass is 19.1. The zero-order chi connectivity index (χ0) is 23.2. The number of nitrogens with one attached hydrogen (secondary N) is 1. The first-order chi connectivity index (χ1) is 15.8. The number of carbonyl (C=O) groups excluding carboxylic acids is 1. The lowest BCUT2D eigenvalue weighted by Crippen LogP contribution is -2.53. The summed E-state index contributed by atoms with van der Waals surface area (Å²) in [6.07, 6.45) is 2.50. The number of hydrogen-bond donors (Lipinski definition) is 1. The van der Waals surface area contributed by atoms with E-state index in [9.17, 15) is 4.79 Å². The lowest BCUT2D eigenvalue weighted by molar-refractivity contribution is -0.0349. The maximum absolute atomic E-state index is 15.3. The van der Waals surface area contributed by atoms with Gasteiger partial charge in [0.15, 0.2) is 0 Å². The number of carbonyl (C=O) groups is 1. The van der Waals surface area contributed by atoms with Crippen molar-refractivity contribution in [3.8, 4) is 16.9 Å². The summed E-state index contributed by atoms with van der Waals surface area (Å²) in [6.45, 7) is 9.74. The maximum atomic E-state index is 15.3. The highest BCUT2D eigenvalue weighted by Crippen LogP contribution is 2.47. The van der Waals surface area contributed by atoms with Gasteiger partial charge in [-0.25, -0.2) is 9.18 Å². The molecule has 1 aliphatic carbocycles. The lowest BCUT2D eigenvalue weighted by Gasteiger charge is -2.44. The molecule has 3 fully saturated rings. The third-order valence-corrected chi connectivity index (χ3v) is 7.54. The van der Waals surface area contributed by atoms with Crippen molar-refractivity contribution in [2.24, 2.45) is 11.3 Å². The molecule has 6 heteroatoms. The standard InChI is InChI=1S/C27H33FN2O3/c1-4-32-20-7-5-6-18(12-20)21-13-19-15-27(2,3)25(22(19)14-23(21)28)29-26(31)33-24-16-30-10-8-17(24)9-11-30/h5-7,12-14,17,24-25H,4,8-11,15-16H2,1-3H3,(H,29,31)/t24-,25-/m0/s1. The molecule has 33 heavy (non-hydrogen) atoms. The van der Waals surface area contributed by atoms with Crippen LogP contribution in [0.2, 0.25) is 0 Å². The number of alkyl carbamates (subject to hydrolysis) is 1. The molecule has 0 spiro atoms. The van der Waals surface area contributed by atoms with E-state index in [1.807, 2.05) is 37.3 Å². The molecule has 3 aliphatic heterocycles. The Bertz CT molecular complexity index is 1050. The highest BCUT2D eigenvalue weighted by Gasteiger charge is 2.42. The van der Waals surface area contributed by atoms with Crippen LogP contribution in [0.25, 0.3) is 11.1 Å². The molecule has 6 rings (SSSR count). The predicted molar refractivity (Wildman–Crippen MR) is 126 cm³/mol. The van der Waals surface area contributed by atoms with Gasteiger partial charge in [-0.05, 0) is 91.6 Å². The Hall–Kier alpha value is -2.60. The number of benzene rings is 2. The fraction of sp³-hybridized carbons (Fsp3) is 0.519. The summed E-state index contributed by atoms with van der Waals surface area (Å²) in [5, 5.41) is 3.08. The Balaban J connectivity index is 1.36. The molecule has 5 nitrogen and oxygen atoms in total. The first-order valence-corrected chi connectivity index (χ1v) is 12.1. The molecule has 3 saturated heterocycles. The minimum absolute atomic E-state index is 0.0480. The Labute approximate surface area is 195 Å². The number of amides is 1. The first-order valence-electron chi connectivity index (χ1n) is 12.1. The zero-order valence-electron chi connectivity index (χ0n) is 19.7. The summed E-state index contributed by atoms with van der Waals surface area (Å²) in [6, 6.07) is 10.8. The second-order valence-electron chi connectivity index (χ2n) is 10.3. The van der Waals surface area contributed by atoms with Gasteiger partial charge in [-0.2, -0.15) is 0 Å². The zero-order valence-corrected chi connectivity index (χ0v) is 19.7. The number of halogens is 1. The van der Waals surface area contributed by atoms with E-state index < -0.39 is 6.09 Å². The van der Waals surface area contributed by atoms with Crippen LogP contribution < -0.4 is 10.1 Å². The summed E-state index contributed by atoms with van der Waals surface area (Å²) in [5.41, 5.74) is 3.01. The van der Waals surface area contributed by atoms with Crippen LogP contribution in [0, 0.1) is 17.2 Å². The van der Waals surface area contributed by atoms with Crippen LogP contribution in [-0.4, -0.2) is 43.3 Å². The van der Waals surface area contributed by atoms with Gasteiger partial charge in [-0.1, -0.05) is 26.0 Å². The summed E-state index contributed by atoms with van der Waals surface area (Å²) >= 11 is 0. The molecule has 2 bridgehead atoms. The molecule has 0 saturated carbocycles. The molecule has 4 aliphatic rings. The van der Waals surface area contributed by atoms with Crippen LogP contribution >= 0.6 is 0 Å². The van der Waals surface area contributed by atoms with Gasteiger partial charge in [0.1, 0.15) is 17.7 Å². The summed E-state index contributed by atoms with van der Waals surface area (Å²) in [7, 11) is 0. The number of fused-ring (bicyclic) bond motifs is 4.